The number of nitrogens with zero attached hydrogens (tertiary/aromatic N) is 2. The van der Waals surface area contributed by atoms with Crippen LogP contribution in [0.5, 0.6) is 0 Å². The van der Waals surface area contributed by atoms with Gasteiger partial charge in [0.1, 0.15) is 5.82 Å². The minimum Gasteiger partial charge on any atom is -0.387 e. The first-order chi connectivity index (χ1) is 13.8. The quantitative estimate of drug-likeness (QED) is 0.569. The monoisotopic (exact) mass is 401 g/mol. The third-order valence-corrected chi connectivity index (χ3v) is 4.92. The lowest BCUT2D eigenvalue weighted by Gasteiger charge is -2.18. The van der Waals surface area contributed by atoms with Crippen molar-refractivity contribution in [3.63, 3.8) is 0 Å². The molecule has 1 aliphatic heterocycles. The van der Waals surface area contributed by atoms with Crippen molar-refractivity contribution in [2.75, 3.05) is 18.0 Å². The molecule has 2 N–H and O–H groups in total. The van der Waals surface area contributed by atoms with Crippen LogP contribution in [0.1, 0.15) is 23.7 Å². The van der Waals surface area contributed by atoms with Gasteiger partial charge < -0.3 is 15.3 Å². The number of aryl methyl sites for hydroxylation is 1. The van der Waals surface area contributed by atoms with Crippen molar-refractivity contribution in [1.29, 1.82) is 0 Å². The Labute approximate surface area is 166 Å². The summed E-state index contributed by atoms with van der Waals surface area (Å²) in [7, 11) is 0. The maximum atomic E-state index is 13.8. The molecule has 1 heterocycles. The number of carbonyl (C=O) groups is 2. The summed E-state index contributed by atoms with van der Waals surface area (Å²) in [4.78, 5) is 36.2. The minimum atomic E-state index is -1.04. The highest BCUT2D eigenvalue weighted by Crippen LogP contribution is 2.27. The second-order valence-corrected chi connectivity index (χ2v) is 6.95. The van der Waals surface area contributed by atoms with Gasteiger partial charge in [0.15, 0.2) is 0 Å². The molecule has 9 heteroatoms. The van der Waals surface area contributed by atoms with Gasteiger partial charge in [0, 0.05) is 37.3 Å². The molecule has 1 aliphatic rings. The lowest BCUT2D eigenvalue weighted by atomic mass is 10.1. The largest absolute Gasteiger partial charge is 0.387 e. The van der Waals surface area contributed by atoms with Crippen LogP contribution in [0.25, 0.3) is 0 Å². The lowest BCUT2D eigenvalue weighted by molar-refractivity contribution is -0.384. The van der Waals surface area contributed by atoms with E-state index in [1.54, 1.807) is 19.1 Å². The number of halogens is 1. The summed E-state index contributed by atoms with van der Waals surface area (Å²) in [6.07, 6.45) is -1.05. The first-order valence-corrected chi connectivity index (χ1v) is 9.03. The molecule has 1 fully saturated rings. The van der Waals surface area contributed by atoms with Gasteiger partial charge in [-0.1, -0.05) is 6.07 Å². The predicted molar refractivity (Wildman–Crippen MR) is 103 cm³/mol. The summed E-state index contributed by atoms with van der Waals surface area (Å²) in [5.74, 6) is -1.70. The number of non-ortho nitro benzene ring substituents is 1. The Morgan fingerprint density at radius 1 is 1.34 bits per heavy atom. The van der Waals surface area contributed by atoms with Crippen LogP contribution in [0.15, 0.2) is 42.5 Å². The number of aliphatic hydroxyl groups is 1. The highest BCUT2D eigenvalue weighted by Gasteiger charge is 2.35. The first-order valence-electron chi connectivity index (χ1n) is 9.03. The lowest BCUT2D eigenvalue weighted by Crippen LogP contribution is -2.35. The van der Waals surface area contributed by atoms with Crippen molar-refractivity contribution in [3.05, 3.63) is 69.5 Å². The van der Waals surface area contributed by atoms with E-state index in [2.05, 4.69) is 5.32 Å². The average Bonchev–Trinajstić information content (AvgIpc) is 3.09. The summed E-state index contributed by atoms with van der Waals surface area (Å²) in [6, 6.07) is 9.86. The molecule has 2 aromatic carbocycles. The van der Waals surface area contributed by atoms with Crippen molar-refractivity contribution < 1.29 is 24.0 Å². The van der Waals surface area contributed by atoms with Gasteiger partial charge in [-0.05, 0) is 42.3 Å². The van der Waals surface area contributed by atoms with Crippen LogP contribution in [-0.4, -0.2) is 34.9 Å². The number of carbonyl (C=O) groups excluding carboxylic acids is 2. The average molecular weight is 401 g/mol. The maximum absolute atomic E-state index is 13.8. The molecular weight excluding hydrogens is 381 g/mol. The summed E-state index contributed by atoms with van der Waals surface area (Å²) < 4.78 is 13.8. The SMILES string of the molecule is Cc1ccc(N2CC(C(=O)NCC(O)c3ccc([N+](=O)[O-])cc3)CC2=O)cc1F. The molecular formula is C20H20FN3O5. The molecule has 0 radical (unpaired) electrons. The third kappa shape index (κ3) is 4.57. The Bertz CT molecular complexity index is 948. The summed E-state index contributed by atoms with van der Waals surface area (Å²) >= 11 is 0. The van der Waals surface area contributed by atoms with Crippen LogP contribution < -0.4 is 10.2 Å². The van der Waals surface area contributed by atoms with E-state index in [9.17, 15) is 29.2 Å². The van der Waals surface area contributed by atoms with Crippen LogP contribution in [0.2, 0.25) is 0 Å². The summed E-state index contributed by atoms with van der Waals surface area (Å²) in [5, 5.41) is 23.4. The number of nitrogens with one attached hydrogen (secondary N) is 1. The molecule has 0 spiro atoms. The first kappa shape index (κ1) is 20.4. The Morgan fingerprint density at radius 3 is 2.66 bits per heavy atom. The molecule has 152 valence electrons. The zero-order valence-corrected chi connectivity index (χ0v) is 15.7. The normalized spacial score (nSPS) is 17.3. The second-order valence-electron chi connectivity index (χ2n) is 6.95. The fraction of sp³-hybridized carbons (Fsp3) is 0.300. The molecule has 29 heavy (non-hydrogen) atoms. The van der Waals surface area contributed by atoms with Crippen LogP contribution in [-0.2, 0) is 9.59 Å². The number of anilines is 1. The second kappa shape index (κ2) is 8.36. The molecule has 0 aliphatic carbocycles. The minimum absolute atomic E-state index is 0.00500. The van der Waals surface area contributed by atoms with Crippen molar-refractivity contribution >= 4 is 23.2 Å². The van der Waals surface area contributed by atoms with Gasteiger partial charge in [-0.3, -0.25) is 19.7 Å². The number of hydrogen-bond donors (Lipinski definition) is 2. The fourth-order valence-electron chi connectivity index (χ4n) is 3.16. The van der Waals surface area contributed by atoms with Gasteiger partial charge >= 0.3 is 0 Å². The van der Waals surface area contributed by atoms with E-state index in [1.807, 2.05) is 0 Å². The van der Waals surface area contributed by atoms with Gasteiger partial charge in [0.25, 0.3) is 5.69 Å². The number of rotatable bonds is 6. The van der Waals surface area contributed by atoms with E-state index < -0.39 is 28.7 Å². The van der Waals surface area contributed by atoms with Crippen LogP contribution >= 0.6 is 0 Å². The van der Waals surface area contributed by atoms with E-state index in [0.29, 0.717) is 16.8 Å². The Hall–Kier alpha value is -3.33. The van der Waals surface area contributed by atoms with Crippen molar-refractivity contribution in [1.82, 2.24) is 5.32 Å². The Kier molecular flexibility index (Phi) is 5.88. The smallest absolute Gasteiger partial charge is 0.269 e. The number of aliphatic hydroxyl groups excluding tert-OH is 1. The number of benzene rings is 2. The van der Waals surface area contributed by atoms with E-state index in [-0.39, 0.29) is 31.1 Å². The molecule has 2 amide bonds. The van der Waals surface area contributed by atoms with E-state index in [1.165, 1.54) is 35.2 Å². The third-order valence-electron chi connectivity index (χ3n) is 4.92. The fourth-order valence-corrected chi connectivity index (χ4v) is 3.16. The Morgan fingerprint density at radius 2 is 2.03 bits per heavy atom. The maximum Gasteiger partial charge on any atom is 0.269 e. The number of amides is 2. The standard InChI is InChI=1S/C20H20FN3O5/c1-12-2-5-16(9-17(12)21)23-11-14(8-19(23)26)20(27)22-10-18(25)13-3-6-15(7-4-13)24(28)29/h2-7,9,14,18,25H,8,10-11H2,1H3,(H,22,27). The molecule has 8 nitrogen and oxygen atoms in total. The van der Waals surface area contributed by atoms with Crippen molar-refractivity contribution in [2.24, 2.45) is 5.92 Å². The zero-order valence-electron chi connectivity index (χ0n) is 15.7. The molecule has 2 aromatic rings. The van der Waals surface area contributed by atoms with Gasteiger partial charge in [-0.25, -0.2) is 4.39 Å². The highest BCUT2D eigenvalue weighted by molar-refractivity contribution is 6.00. The van der Waals surface area contributed by atoms with E-state index in [4.69, 9.17) is 0 Å². The van der Waals surface area contributed by atoms with E-state index >= 15 is 0 Å². The Balaban J connectivity index is 1.57. The summed E-state index contributed by atoms with van der Waals surface area (Å²) in [5.41, 5.74) is 1.20. The number of nitro benzene ring substituents is 1. The van der Waals surface area contributed by atoms with Crippen LogP contribution in [0.4, 0.5) is 15.8 Å². The molecule has 2 unspecified atom stereocenters. The van der Waals surface area contributed by atoms with Gasteiger partial charge in [0.05, 0.1) is 16.9 Å². The molecule has 0 saturated carbocycles. The van der Waals surface area contributed by atoms with Crippen molar-refractivity contribution in [3.8, 4) is 0 Å². The topological polar surface area (TPSA) is 113 Å². The predicted octanol–water partition coefficient (Wildman–Crippen LogP) is 2.25. The number of hydrogen-bond acceptors (Lipinski definition) is 5. The van der Waals surface area contributed by atoms with Crippen LogP contribution in [0.3, 0.4) is 0 Å². The van der Waals surface area contributed by atoms with Crippen molar-refractivity contribution in [2.45, 2.75) is 19.4 Å². The molecule has 0 bridgehead atoms. The molecule has 0 aromatic heterocycles. The zero-order chi connectivity index (χ0) is 21.1. The van der Waals surface area contributed by atoms with Gasteiger partial charge in [0.2, 0.25) is 11.8 Å². The summed E-state index contributed by atoms with van der Waals surface area (Å²) in [6.45, 7) is 1.65. The highest BCUT2D eigenvalue weighted by atomic mass is 19.1. The van der Waals surface area contributed by atoms with Gasteiger partial charge in [-0.2, -0.15) is 0 Å². The van der Waals surface area contributed by atoms with E-state index in [0.717, 1.165) is 0 Å². The van der Waals surface area contributed by atoms with Crippen LogP contribution in [0, 0.1) is 28.8 Å². The molecule has 1 saturated heterocycles. The molecule has 2 atom stereocenters. The van der Waals surface area contributed by atoms with Gasteiger partial charge in [-0.15, -0.1) is 0 Å². The molecule has 3 rings (SSSR count). The number of nitro groups is 1.